The van der Waals surface area contributed by atoms with Crippen LogP contribution in [0.4, 0.5) is 0 Å². The standard InChI is InChI=1S/C24H28O11/c1-31-12-8-6-7-11(9-12)13-10-14-15(20(26)32-2)19(25)18(23(29)35-5)24(30,16(13)21(27)33-3)17(14)22(28)34-4/h6-9,13-14,16-18,25,30H,10H2,1-5H3/t13-,14-,16-,17-,18?,24-/m1/s1. The molecule has 1 saturated carbocycles. The Kier molecular flexibility index (Phi) is 7.39. The van der Waals surface area contributed by atoms with E-state index in [1.807, 2.05) is 0 Å². The van der Waals surface area contributed by atoms with Crippen LogP contribution in [0.15, 0.2) is 35.6 Å². The van der Waals surface area contributed by atoms with Crippen molar-refractivity contribution in [2.24, 2.45) is 23.7 Å². The lowest BCUT2D eigenvalue weighted by Crippen LogP contribution is -2.68. The molecule has 0 spiro atoms. The number of methoxy groups -OCH3 is 5. The van der Waals surface area contributed by atoms with Crippen LogP contribution in [-0.2, 0) is 38.1 Å². The van der Waals surface area contributed by atoms with Crippen LogP contribution in [0, 0.1) is 23.7 Å². The number of benzene rings is 1. The van der Waals surface area contributed by atoms with Crippen molar-refractivity contribution in [3.63, 3.8) is 0 Å². The Morgan fingerprint density at radius 1 is 0.857 bits per heavy atom. The van der Waals surface area contributed by atoms with Crippen molar-refractivity contribution in [1.29, 1.82) is 0 Å². The number of esters is 4. The number of hydrogen-bond donors (Lipinski definition) is 2. The van der Waals surface area contributed by atoms with E-state index in [-0.39, 0.29) is 12.0 Å². The van der Waals surface area contributed by atoms with Gasteiger partial charge in [0.1, 0.15) is 23.0 Å². The lowest BCUT2D eigenvalue weighted by atomic mass is 9.49. The van der Waals surface area contributed by atoms with E-state index < -0.39 is 64.8 Å². The van der Waals surface area contributed by atoms with Crippen LogP contribution in [0.1, 0.15) is 17.9 Å². The predicted molar refractivity (Wildman–Crippen MR) is 117 cm³/mol. The summed E-state index contributed by atoms with van der Waals surface area (Å²) in [6.07, 6.45) is -0.0720. The second-order valence-electron chi connectivity index (χ2n) is 8.36. The zero-order valence-electron chi connectivity index (χ0n) is 20.0. The van der Waals surface area contributed by atoms with Gasteiger partial charge in [-0.05, 0) is 24.1 Å². The molecule has 11 heteroatoms. The van der Waals surface area contributed by atoms with E-state index in [0.717, 1.165) is 28.4 Å². The number of ether oxygens (including phenoxy) is 5. The van der Waals surface area contributed by atoms with Gasteiger partial charge in [0.05, 0.1) is 53.0 Å². The van der Waals surface area contributed by atoms with Gasteiger partial charge >= 0.3 is 23.9 Å². The fraction of sp³-hybridized carbons (Fsp3) is 0.500. The maximum Gasteiger partial charge on any atom is 0.337 e. The molecule has 1 aromatic rings. The second-order valence-corrected chi connectivity index (χ2v) is 8.36. The van der Waals surface area contributed by atoms with Crippen molar-refractivity contribution < 1.29 is 53.1 Å². The third-order valence-corrected chi connectivity index (χ3v) is 6.97. The first-order chi connectivity index (χ1) is 16.6. The minimum Gasteiger partial charge on any atom is -0.511 e. The smallest absolute Gasteiger partial charge is 0.337 e. The molecule has 0 radical (unpaired) electrons. The molecule has 2 N–H and O–H groups in total. The number of fused-ring (bicyclic) bond motifs is 2. The van der Waals surface area contributed by atoms with Gasteiger partial charge in [0.25, 0.3) is 0 Å². The average molecular weight is 492 g/mol. The monoisotopic (exact) mass is 492 g/mol. The molecule has 2 aliphatic carbocycles. The predicted octanol–water partition coefficient (Wildman–Crippen LogP) is 0.896. The minimum absolute atomic E-state index is 0.0720. The minimum atomic E-state index is -2.58. The SMILES string of the molecule is COC(=O)C1=C(O)C(C(=O)OC)[C@]2(O)[C@@H](C(=O)OC)[C@@H]1C[C@H](c1cccc(OC)c1)[C@@H]2C(=O)OC. The lowest BCUT2D eigenvalue weighted by molar-refractivity contribution is -0.208. The van der Waals surface area contributed by atoms with Crippen molar-refractivity contribution >= 4 is 23.9 Å². The second kappa shape index (κ2) is 9.95. The lowest BCUT2D eigenvalue weighted by Gasteiger charge is -2.55. The summed E-state index contributed by atoms with van der Waals surface area (Å²) in [6, 6.07) is 6.65. The van der Waals surface area contributed by atoms with Gasteiger partial charge in [0.2, 0.25) is 0 Å². The van der Waals surface area contributed by atoms with E-state index >= 15 is 0 Å². The summed E-state index contributed by atoms with van der Waals surface area (Å²) in [6.45, 7) is 0. The Morgan fingerprint density at radius 2 is 1.43 bits per heavy atom. The molecule has 1 aromatic carbocycles. The van der Waals surface area contributed by atoms with Gasteiger partial charge in [0, 0.05) is 11.8 Å². The zero-order valence-corrected chi connectivity index (χ0v) is 20.0. The molecule has 2 aliphatic rings. The fourth-order valence-corrected chi connectivity index (χ4v) is 5.54. The van der Waals surface area contributed by atoms with Gasteiger partial charge in [-0.15, -0.1) is 0 Å². The Labute approximate surface area is 201 Å². The van der Waals surface area contributed by atoms with E-state index in [1.54, 1.807) is 24.3 Å². The molecule has 0 heterocycles. The maximum atomic E-state index is 13.2. The highest BCUT2D eigenvalue weighted by molar-refractivity contribution is 5.96. The van der Waals surface area contributed by atoms with E-state index in [2.05, 4.69) is 0 Å². The van der Waals surface area contributed by atoms with E-state index in [0.29, 0.717) is 11.3 Å². The highest BCUT2D eigenvalue weighted by atomic mass is 16.5. The topological polar surface area (TPSA) is 155 Å². The molecule has 11 nitrogen and oxygen atoms in total. The molecule has 0 aromatic heterocycles. The van der Waals surface area contributed by atoms with Crippen molar-refractivity contribution in [1.82, 2.24) is 0 Å². The van der Waals surface area contributed by atoms with Crippen LogP contribution < -0.4 is 4.74 Å². The number of carbonyl (C=O) groups excluding carboxylic acids is 4. The molecule has 0 aliphatic heterocycles. The highest BCUT2D eigenvalue weighted by Gasteiger charge is 2.71. The molecule has 0 amide bonds. The summed E-state index contributed by atoms with van der Waals surface area (Å²) in [4.78, 5) is 52.0. The Bertz CT molecular complexity index is 1060. The molecule has 35 heavy (non-hydrogen) atoms. The third kappa shape index (κ3) is 3.99. The molecular formula is C24H28O11. The molecule has 2 bridgehead atoms. The summed E-state index contributed by atoms with van der Waals surface area (Å²) in [7, 11) is 5.70. The first kappa shape index (κ1) is 26.0. The van der Waals surface area contributed by atoms with Crippen LogP contribution in [0.25, 0.3) is 0 Å². The van der Waals surface area contributed by atoms with E-state index in [4.69, 9.17) is 23.7 Å². The van der Waals surface area contributed by atoms with E-state index in [9.17, 15) is 29.4 Å². The van der Waals surface area contributed by atoms with Gasteiger partial charge < -0.3 is 33.9 Å². The third-order valence-electron chi connectivity index (χ3n) is 6.97. The largest absolute Gasteiger partial charge is 0.511 e. The number of hydrogen-bond acceptors (Lipinski definition) is 11. The molecule has 190 valence electrons. The summed E-state index contributed by atoms with van der Waals surface area (Å²) in [5.74, 6) is -11.6. The molecule has 0 saturated heterocycles. The summed E-state index contributed by atoms with van der Waals surface area (Å²) >= 11 is 0. The highest BCUT2D eigenvalue weighted by Crippen LogP contribution is 2.60. The van der Waals surface area contributed by atoms with Crippen molar-refractivity contribution in [2.75, 3.05) is 35.5 Å². The summed E-state index contributed by atoms with van der Waals surface area (Å²) < 4.78 is 24.8. The molecule has 1 fully saturated rings. The zero-order chi connectivity index (χ0) is 26.1. The Hall–Kier alpha value is -3.60. The van der Waals surface area contributed by atoms with Gasteiger partial charge in [-0.2, -0.15) is 0 Å². The Morgan fingerprint density at radius 3 is 1.94 bits per heavy atom. The summed E-state index contributed by atoms with van der Waals surface area (Å²) in [5, 5.41) is 23.3. The normalized spacial score (nSPS) is 29.6. The van der Waals surface area contributed by atoms with Gasteiger partial charge in [0.15, 0.2) is 0 Å². The first-order valence-electron chi connectivity index (χ1n) is 10.7. The number of rotatable bonds is 6. The number of aliphatic hydroxyl groups excluding tert-OH is 1. The summed E-state index contributed by atoms with van der Waals surface area (Å²) in [5.41, 5.74) is -2.44. The molecular weight excluding hydrogens is 464 g/mol. The van der Waals surface area contributed by atoms with Crippen molar-refractivity contribution in [3.8, 4) is 5.75 Å². The molecule has 3 rings (SSSR count). The Balaban J connectivity index is 2.41. The van der Waals surface area contributed by atoms with Crippen LogP contribution in [0.5, 0.6) is 5.75 Å². The maximum absolute atomic E-state index is 13.2. The molecule has 1 unspecified atom stereocenters. The van der Waals surface area contributed by atoms with Crippen LogP contribution in [-0.4, -0.2) is 75.2 Å². The first-order valence-corrected chi connectivity index (χ1v) is 10.7. The van der Waals surface area contributed by atoms with Crippen LogP contribution >= 0.6 is 0 Å². The van der Waals surface area contributed by atoms with Crippen molar-refractivity contribution in [2.45, 2.75) is 17.9 Å². The average Bonchev–Trinajstić information content (AvgIpc) is 2.86. The van der Waals surface area contributed by atoms with E-state index in [1.165, 1.54) is 7.11 Å². The quantitative estimate of drug-likeness (QED) is 0.430. The van der Waals surface area contributed by atoms with Gasteiger partial charge in [-0.25, -0.2) is 4.79 Å². The van der Waals surface area contributed by atoms with Gasteiger partial charge in [-0.1, -0.05) is 12.1 Å². The molecule has 6 atom stereocenters. The van der Waals surface area contributed by atoms with Crippen LogP contribution in [0.3, 0.4) is 0 Å². The van der Waals surface area contributed by atoms with Crippen LogP contribution in [0.2, 0.25) is 0 Å². The fourth-order valence-electron chi connectivity index (χ4n) is 5.54. The van der Waals surface area contributed by atoms with Crippen molar-refractivity contribution in [3.05, 3.63) is 41.2 Å². The van der Waals surface area contributed by atoms with Gasteiger partial charge in [-0.3, -0.25) is 14.4 Å². The number of carbonyl (C=O) groups is 4. The number of aliphatic hydroxyl groups is 2.